The molecule has 1 saturated carbocycles. The predicted molar refractivity (Wildman–Crippen MR) is 71.2 cm³/mol. The van der Waals surface area contributed by atoms with Gasteiger partial charge in [-0.25, -0.2) is 0 Å². The van der Waals surface area contributed by atoms with Crippen molar-refractivity contribution < 1.29 is 9.84 Å². The third-order valence-corrected chi connectivity index (χ3v) is 3.67. The van der Waals surface area contributed by atoms with E-state index >= 15 is 0 Å². The number of ether oxygens (including phenoxy) is 1. The van der Waals surface area contributed by atoms with E-state index in [1.807, 2.05) is 0 Å². The second-order valence-corrected chi connectivity index (χ2v) is 6.51. The Morgan fingerprint density at radius 3 is 2.35 bits per heavy atom. The van der Waals surface area contributed by atoms with Crippen LogP contribution in [0.25, 0.3) is 0 Å². The van der Waals surface area contributed by atoms with Crippen LogP contribution in [0.3, 0.4) is 0 Å². The molecule has 0 unspecified atom stereocenters. The van der Waals surface area contributed by atoms with Crippen LogP contribution in [-0.4, -0.2) is 36.0 Å². The summed E-state index contributed by atoms with van der Waals surface area (Å²) in [6.45, 7) is 10.3. The molecule has 0 bridgehead atoms. The van der Waals surface area contributed by atoms with E-state index in [1.165, 1.54) is 12.8 Å². The average Bonchev–Trinajstić information content (AvgIpc) is 2.26. The second kappa shape index (κ2) is 6.17. The number of aliphatic hydroxyl groups is 1. The molecule has 17 heavy (non-hydrogen) atoms. The van der Waals surface area contributed by atoms with Crippen molar-refractivity contribution in [3.8, 4) is 0 Å². The lowest BCUT2D eigenvalue weighted by atomic mass is 9.77. The van der Waals surface area contributed by atoms with Crippen molar-refractivity contribution in [3.05, 3.63) is 0 Å². The number of aliphatic hydroxyl groups excluding tert-OH is 1. The first kappa shape index (κ1) is 14.9. The molecule has 102 valence electrons. The van der Waals surface area contributed by atoms with Gasteiger partial charge in [0.15, 0.2) is 0 Å². The maximum atomic E-state index is 9.58. The van der Waals surface area contributed by atoms with Crippen LogP contribution < -0.4 is 5.32 Å². The molecule has 3 heteroatoms. The first-order valence-corrected chi connectivity index (χ1v) is 6.87. The van der Waals surface area contributed by atoms with Gasteiger partial charge >= 0.3 is 0 Å². The molecule has 0 saturated heterocycles. The lowest BCUT2D eigenvalue weighted by Gasteiger charge is -2.39. The fourth-order valence-electron chi connectivity index (χ4n) is 2.38. The summed E-state index contributed by atoms with van der Waals surface area (Å²) in [6, 6.07) is 0. The topological polar surface area (TPSA) is 41.5 Å². The zero-order valence-corrected chi connectivity index (χ0v) is 11.9. The molecule has 3 nitrogen and oxygen atoms in total. The molecule has 1 aliphatic carbocycles. The number of hydrogen-bond acceptors (Lipinski definition) is 3. The summed E-state index contributed by atoms with van der Waals surface area (Å²) in [6.07, 6.45) is 4.60. The maximum Gasteiger partial charge on any atom is 0.0613 e. The fraction of sp³-hybridized carbons (Fsp3) is 1.00. The Labute approximate surface area is 106 Å². The number of nitrogens with one attached hydrogen (secondary N) is 1. The SMILES string of the molecule is CC1CCC(CO)(NCCOC(C)(C)C)CC1. The Morgan fingerprint density at radius 1 is 1.29 bits per heavy atom. The molecule has 0 aromatic carbocycles. The van der Waals surface area contributed by atoms with Crippen molar-refractivity contribution in [2.45, 2.75) is 64.5 Å². The molecule has 0 aromatic heterocycles. The molecule has 0 amide bonds. The monoisotopic (exact) mass is 243 g/mol. The number of rotatable bonds is 5. The van der Waals surface area contributed by atoms with Crippen molar-refractivity contribution >= 4 is 0 Å². The molecule has 0 heterocycles. The highest BCUT2D eigenvalue weighted by Gasteiger charge is 2.32. The summed E-state index contributed by atoms with van der Waals surface area (Å²) in [7, 11) is 0. The van der Waals surface area contributed by atoms with Gasteiger partial charge in [0.1, 0.15) is 0 Å². The van der Waals surface area contributed by atoms with Gasteiger partial charge < -0.3 is 15.2 Å². The molecule has 1 fully saturated rings. The zero-order chi connectivity index (χ0) is 12.9. The third-order valence-electron chi connectivity index (χ3n) is 3.67. The normalized spacial score (nSPS) is 30.5. The van der Waals surface area contributed by atoms with Gasteiger partial charge in [0.25, 0.3) is 0 Å². The standard InChI is InChI=1S/C14H29NO2/c1-12-5-7-14(11-16,8-6-12)15-9-10-17-13(2,3)4/h12,15-16H,5-11H2,1-4H3. The van der Waals surface area contributed by atoms with Gasteiger partial charge in [-0.1, -0.05) is 6.92 Å². The van der Waals surface area contributed by atoms with Crippen LogP contribution in [0.2, 0.25) is 0 Å². The van der Waals surface area contributed by atoms with Crippen molar-refractivity contribution in [2.24, 2.45) is 5.92 Å². The molecule has 0 aromatic rings. The van der Waals surface area contributed by atoms with Crippen LogP contribution in [0, 0.1) is 5.92 Å². The van der Waals surface area contributed by atoms with E-state index in [1.54, 1.807) is 0 Å². The molecule has 0 atom stereocenters. The highest BCUT2D eigenvalue weighted by atomic mass is 16.5. The largest absolute Gasteiger partial charge is 0.394 e. The average molecular weight is 243 g/mol. The Bertz CT molecular complexity index is 215. The molecule has 0 radical (unpaired) electrons. The summed E-state index contributed by atoms with van der Waals surface area (Å²) in [4.78, 5) is 0. The summed E-state index contributed by atoms with van der Waals surface area (Å²) in [5.74, 6) is 0.808. The van der Waals surface area contributed by atoms with Crippen LogP contribution in [-0.2, 0) is 4.74 Å². The molecule has 1 aliphatic rings. The van der Waals surface area contributed by atoms with Crippen LogP contribution in [0.15, 0.2) is 0 Å². The third kappa shape index (κ3) is 5.36. The van der Waals surface area contributed by atoms with Crippen molar-refractivity contribution in [3.63, 3.8) is 0 Å². The van der Waals surface area contributed by atoms with Crippen LogP contribution >= 0.6 is 0 Å². The van der Waals surface area contributed by atoms with E-state index in [4.69, 9.17) is 4.74 Å². The summed E-state index contributed by atoms with van der Waals surface area (Å²) in [5.41, 5.74) is -0.122. The highest BCUT2D eigenvalue weighted by molar-refractivity contribution is 4.91. The molecule has 2 N–H and O–H groups in total. The first-order chi connectivity index (χ1) is 7.87. The van der Waals surface area contributed by atoms with E-state index in [0.29, 0.717) is 6.61 Å². The van der Waals surface area contributed by atoms with Crippen molar-refractivity contribution in [1.29, 1.82) is 0 Å². The van der Waals surface area contributed by atoms with Gasteiger partial charge in [0, 0.05) is 12.1 Å². The number of hydrogen-bond donors (Lipinski definition) is 2. The summed E-state index contributed by atoms with van der Waals surface area (Å²) < 4.78 is 5.69. The van der Waals surface area contributed by atoms with Gasteiger partial charge in [-0.05, 0) is 52.4 Å². The van der Waals surface area contributed by atoms with Gasteiger partial charge in [-0.3, -0.25) is 0 Å². The minimum Gasteiger partial charge on any atom is -0.394 e. The van der Waals surface area contributed by atoms with E-state index in [2.05, 4.69) is 33.0 Å². The lowest BCUT2D eigenvalue weighted by molar-refractivity contribution is -0.00704. The molecule has 0 aliphatic heterocycles. The van der Waals surface area contributed by atoms with Crippen LogP contribution in [0.4, 0.5) is 0 Å². The Hall–Kier alpha value is -0.120. The van der Waals surface area contributed by atoms with E-state index in [9.17, 15) is 5.11 Å². The summed E-state index contributed by atoms with van der Waals surface area (Å²) in [5, 5.41) is 13.1. The second-order valence-electron chi connectivity index (χ2n) is 6.51. The minimum atomic E-state index is -0.0743. The quantitative estimate of drug-likeness (QED) is 0.728. The lowest BCUT2D eigenvalue weighted by Crippen LogP contribution is -2.52. The molecule has 0 spiro atoms. The molecule has 1 rings (SSSR count). The first-order valence-electron chi connectivity index (χ1n) is 6.87. The zero-order valence-electron chi connectivity index (χ0n) is 11.9. The van der Waals surface area contributed by atoms with Gasteiger partial charge in [-0.15, -0.1) is 0 Å². The van der Waals surface area contributed by atoms with E-state index in [-0.39, 0.29) is 17.7 Å². The van der Waals surface area contributed by atoms with Gasteiger partial charge in [-0.2, -0.15) is 0 Å². The molecular formula is C14H29NO2. The minimum absolute atomic E-state index is 0.0479. The van der Waals surface area contributed by atoms with E-state index in [0.717, 1.165) is 25.3 Å². The fourth-order valence-corrected chi connectivity index (χ4v) is 2.38. The predicted octanol–water partition coefficient (Wildman–Crippen LogP) is 2.33. The Balaban J connectivity index is 2.27. The van der Waals surface area contributed by atoms with Crippen LogP contribution in [0.1, 0.15) is 53.4 Å². The smallest absolute Gasteiger partial charge is 0.0613 e. The molecular weight excluding hydrogens is 214 g/mol. The Kier molecular flexibility index (Phi) is 5.42. The van der Waals surface area contributed by atoms with E-state index < -0.39 is 0 Å². The van der Waals surface area contributed by atoms with Gasteiger partial charge in [0.05, 0.1) is 18.8 Å². The van der Waals surface area contributed by atoms with Crippen molar-refractivity contribution in [2.75, 3.05) is 19.8 Å². The highest BCUT2D eigenvalue weighted by Crippen LogP contribution is 2.31. The maximum absolute atomic E-state index is 9.58. The van der Waals surface area contributed by atoms with Crippen LogP contribution in [0.5, 0.6) is 0 Å². The van der Waals surface area contributed by atoms with Gasteiger partial charge in [0.2, 0.25) is 0 Å². The Morgan fingerprint density at radius 2 is 1.88 bits per heavy atom. The van der Waals surface area contributed by atoms with Crippen molar-refractivity contribution in [1.82, 2.24) is 5.32 Å². The summed E-state index contributed by atoms with van der Waals surface area (Å²) >= 11 is 0.